The molecule has 3 heteroatoms. The fraction of sp³-hybridized carbons (Fsp3) is 0.333. The van der Waals surface area contributed by atoms with E-state index < -0.39 is 0 Å². The van der Waals surface area contributed by atoms with Crippen molar-refractivity contribution < 1.29 is 4.74 Å². The summed E-state index contributed by atoms with van der Waals surface area (Å²) in [6.07, 6.45) is 0. The standard InChI is InChI=1S/C9H10Cl2O/c1-3-12-9-7(10)4-6(2)5-8(9)11/h4-5H,3H2,1-2H3. The van der Waals surface area contributed by atoms with Crippen molar-refractivity contribution in [2.45, 2.75) is 13.8 Å². The topological polar surface area (TPSA) is 9.23 Å². The molecule has 0 fully saturated rings. The van der Waals surface area contributed by atoms with Gasteiger partial charge in [0, 0.05) is 0 Å². The lowest BCUT2D eigenvalue weighted by atomic mass is 10.2. The molecule has 0 radical (unpaired) electrons. The van der Waals surface area contributed by atoms with Crippen LogP contribution in [0.4, 0.5) is 0 Å². The van der Waals surface area contributed by atoms with E-state index >= 15 is 0 Å². The van der Waals surface area contributed by atoms with Gasteiger partial charge in [-0.1, -0.05) is 23.2 Å². The SMILES string of the molecule is CCOc1c(Cl)cc(C)cc1Cl. The van der Waals surface area contributed by atoms with E-state index in [1.165, 1.54) is 0 Å². The Bertz CT molecular complexity index is 261. The predicted octanol–water partition coefficient (Wildman–Crippen LogP) is 3.70. The Morgan fingerprint density at radius 3 is 2.17 bits per heavy atom. The van der Waals surface area contributed by atoms with E-state index in [0.29, 0.717) is 22.4 Å². The summed E-state index contributed by atoms with van der Waals surface area (Å²) in [5, 5.41) is 1.14. The highest BCUT2D eigenvalue weighted by Gasteiger charge is 2.06. The van der Waals surface area contributed by atoms with E-state index in [4.69, 9.17) is 27.9 Å². The van der Waals surface area contributed by atoms with Gasteiger partial charge in [0.05, 0.1) is 16.7 Å². The van der Waals surface area contributed by atoms with Gasteiger partial charge in [-0.2, -0.15) is 0 Å². The zero-order valence-corrected chi connectivity index (χ0v) is 8.54. The first kappa shape index (κ1) is 9.69. The Morgan fingerprint density at radius 1 is 1.25 bits per heavy atom. The molecule has 0 aliphatic carbocycles. The molecule has 0 N–H and O–H groups in total. The van der Waals surface area contributed by atoms with E-state index in [1.807, 2.05) is 26.0 Å². The van der Waals surface area contributed by atoms with Crippen molar-refractivity contribution in [1.29, 1.82) is 0 Å². The molecule has 1 nitrogen and oxygen atoms in total. The van der Waals surface area contributed by atoms with Crippen molar-refractivity contribution in [3.8, 4) is 5.75 Å². The first-order valence-corrected chi connectivity index (χ1v) is 4.49. The first-order valence-electron chi connectivity index (χ1n) is 3.73. The lowest BCUT2D eigenvalue weighted by molar-refractivity contribution is 0.340. The highest BCUT2D eigenvalue weighted by Crippen LogP contribution is 2.33. The van der Waals surface area contributed by atoms with E-state index in [1.54, 1.807) is 0 Å². The van der Waals surface area contributed by atoms with Crippen LogP contribution in [-0.2, 0) is 0 Å². The smallest absolute Gasteiger partial charge is 0.156 e. The van der Waals surface area contributed by atoms with Gasteiger partial charge in [0.15, 0.2) is 5.75 Å². The molecule has 0 bridgehead atoms. The fourth-order valence-corrected chi connectivity index (χ4v) is 1.67. The van der Waals surface area contributed by atoms with Crippen molar-refractivity contribution >= 4 is 23.2 Å². The summed E-state index contributed by atoms with van der Waals surface area (Å²) in [6.45, 7) is 4.41. The normalized spacial score (nSPS) is 10.0. The summed E-state index contributed by atoms with van der Waals surface area (Å²) in [5.74, 6) is 0.575. The first-order chi connectivity index (χ1) is 5.65. The van der Waals surface area contributed by atoms with Crippen LogP contribution >= 0.6 is 23.2 Å². The second-order valence-electron chi connectivity index (χ2n) is 2.49. The Kier molecular flexibility index (Phi) is 3.24. The van der Waals surface area contributed by atoms with Crippen molar-refractivity contribution in [3.63, 3.8) is 0 Å². The molecule has 0 spiro atoms. The lowest BCUT2D eigenvalue weighted by Crippen LogP contribution is -1.93. The van der Waals surface area contributed by atoms with Crippen LogP contribution in [0.25, 0.3) is 0 Å². The molecule has 0 heterocycles. The molecule has 0 aliphatic heterocycles. The Labute approximate surface area is 82.2 Å². The van der Waals surface area contributed by atoms with Crippen LogP contribution in [0.3, 0.4) is 0 Å². The zero-order chi connectivity index (χ0) is 9.14. The molecule has 1 aromatic carbocycles. The van der Waals surface area contributed by atoms with Gasteiger partial charge in [-0.3, -0.25) is 0 Å². The average Bonchev–Trinajstić information content (AvgIpc) is 1.96. The van der Waals surface area contributed by atoms with Crippen LogP contribution in [0.1, 0.15) is 12.5 Å². The van der Waals surface area contributed by atoms with Crippen molar-refractivity contribution in [3.05, 3.63) is 27.7 Å². The van der Waals surface area contributed by atoms with E-state index in [-0.39, 0.29) is 0 Å². The zero-order valence-electron chi connectivity index (χ0n) is 7.03. The minimum atomic E-state index is 0.571. The Hall–Kier alpha value is -0.400. The summed E-state index contributed by atoms with van der Waals surface area (Å²) in [7, 11) is 0. The maximum atomic E-state index is 5.90. The number of benzene rings is 1. The molecule has 0 atom stereocenters. The van der Waals surface area contributed by atoms with Crippen LogP contribution in [0.2, 0.25) is 10.0 Å². The number of hydrogen-bond donors (Lipinski definition) is 0. The van der Waals surface area contributed by atoms with Gasteiger partial charge in [-0.25, -0.2) is 0 Å². The van der Waals surface area contributed by atoms with Crippen LogP contribution in [0, 0.1) is 6.92 Å². The maximum Gasteiger partial charge on any atom is 0.156 e. The number of rotatable bonds is 2. The van der Waals surface area contributed by atoms with Crippen LogP contribution < -0.4 is 4.74 Å². The minimum Gasteiger partial charge on any atom is -0.491 e. The number of hydrogen-bond acceptors (Lipinski definition) is 1. The number of halogens is 2. The summed E-state index contributed by atoms with van der Waals surface area (Å²) < 4.78 is 5.26. The molecular weight excluding hydrogens is 195 g/mol. The van der Waals surface area contributed by atoms with E-state index in [2.05, 4.69) is 0 Å². The van der Waals surface area contributed by atoms with Crippen molar-refractivity contribution in [1.82, 2.24) is 0 Å². The molecule has 0 saturated carbocycles. The molecule has 0 saturated heterocycles. The Morgan fingerprint density at radius 2 is 1.75 bits per heavy atom. The second kappa shape index (κ2) is 4.01. The predicted molar refractivity (Wildman–Crippen MR) is 52.4 cm³/mol. The summed E-state index contributed by atoms with van der Waals surface area (Å²) in [6, 6.07) is 3.66. The molecule has 0 amide bonds. The monoisotopic (exact) mass is 204 g/mol. The highest BCUT2D eigenvalue weighted by atomic mass is 35.5. The van der Waals surface area contributed by atoms with Gasteiger partial charge in [-0.15, -0.1) is 0 Å². The van der Waals surface area contributed by atoms with Gasteiger partial charge in [0.2, 0.25) is 0 Å². The third-order valence-electron chi connectivity index (χ3n) is 1.43. The summed E-state index contributed by atoms with van der Waals surface area (Å²) >= 11 is 11.8. The van der Waals surface area contributed by atoms with E-state index in [0.717, 1.165) is 5.56 Å². The number of aryl methyl sites for hydroxylation is 1. The van der Waals surface area contributed by atoms with Gasteiger partial charge >= 0.3 is 0 Å². The van der Waals surface area contributed by atoms with Gasteiger partial charge in [-0.05, 0) is 31.5 Å². The molecule has 1 rings (SSSR count). The number of ether oxygens (including phenoxy) is 1. The fourth-order valence-electron chi connectivity index (χ4n) is 0.969. The van der Waals surface area contributed by atoms with Gasteiger partial charge in [0.25, 0.3) is 0 Å². The van der Waals surface area contributed by atoms with Crippen molar-refractivity contribution in [2.75, 3.05) is 6.61 Å². The van der Waals surface area contributed by atoms with Gasteiger partial charge in [0.1, 0.15) is 0 Å². The minimum absolute atomic E-state index is 0.571. The molecular formula is C9H10Cl2O. The molecule has 12 heavy (non-hydrogen) atoms. The summed E-state index contributed by atoms with van der Waals surface area (Å²) in [5.41, 5.74) is 1.04. The van der Waals surface area contributed by atoms with E-state index in [9.17, 15) is 0 Å². The molecule has 66 valence electrons. The molecule has 0 unspecified atom stereocenters. The van der Waals surface area contributed by atoms with Crippen LogP contribution in [0.5, 0.6) is 5.75 Å². The van der Waals surface area contributed by atoms with Crippen LogP contribution in [0.15, 0.2) is 12.1 Å². The van der Waals surface area contributed by atoms with Crippen LogP contribution in [-0.4, -0.2) is 6.61 Å². The Balaban J connectivity index is 3.10. The summed E-state index contributed by atoms with van der Waals surface area (Å²) in [4.78, 5) is 0. The molecule has 0 aromatic heterocycles. The van der Waals surface area contributed by atoms with Gasteiger partial charge < -0.3 is 4.74 Å². The largest absolute Gasteiger partial charge is 0.491 e. The molecule has 1 aromatic rings. The third-order valence-corrected chi connectivity index (χ3v) is 1.99. The third kappa shape index (κ3) is 2.05. The van der Waals surface area contributed by atoms with Crippen molar-refractivity contribution in [2.24, 2.45) is 0 Å². The maximum absolute atomic E-state index is 5.90. The highest BCUT2D eigenvalue weighted by molar-refractivity contribution is 6.37. The molecule has 0 aliphatic rings. The lowest BCUT2D eigenvalue weighted by Gasteiger charge is -2.08. The second-order valence-corrected chi connectivity index (χ2v) is 3.31. The quantitative estimate of drug-likeness (QED) is 0.715. The average molecular weight is 205 g/mol.